The highest BCUT2D eigenvalue weighted by Gasteiger charge is 2.22. The number of aliphatic carboxylic acids is 1. The average Bonchev–Trinajstić information content (AvgIpc) is 2.57. The van der Waals surface area contributed by atoms with Crippen LogP contribution >= 0.6 is 0 Å². The molecule has 20 heavy (non-hydrogen) atoms. The summed E-state index contributed by atoms with van der Waals surface area (Å²) < 4.78 is 6.49. The van der Waals surface area contributed by atoms with Gasteiger partial charge in [-0.2, -0.15) is 5.10 Å². The number of carboxylic acids is 1. The molecule has 0 bridgehead atoms. The van der Waals surface area contributed by atoms with Crippen LogP contribution < -0.4 is 5.32 Å². The number of anilines is 1. The zero-order valence-electron chi connectivity index (χ0n) is 12.4. The van der Waals surface area contributed by atoms with Crippen LogP contribution in [0.1, 0.15) is 45.9 Å². The van der Waals surface area contributed by atoms with E-state index in [1.807, 2.05) is 0 Å². The lowest BCUT2D eigenvalue weighted by Crippen LogP contribution is -2.27. The van der Waals surface area contributed by atoms with Crippen LogP contribution in [0.4, 0.5) is 10.6 Å². The summed E-state index contributed by atoms with van der Waals surface area (Å²) in [5.41, 5.74) is 0.0552. The van der Waals surface area contributed by atoms with Crippen molar-refractivity contribution in [3.63, 3.8) is 0 Å². The summed E-state index contributed by atoms with van der Waals surface area (Å²) in [6, 6.07) is 0.861. The minimum absolute atomic E-state index is 0.274. The van der Waals surface area contributed by atoms with Gasteiger partial charge in [-0.05, 0) is 34.1 Å². The van der Waals surface area contributed by atoms with E-state index in [4.69, 9.17) is 9.84 Å². The van der Waals surface area contributed by atoms with E-state index >= 15 is 0 Å². The summed E-state index contributed by atoms with van der Waals surface area (Å²) in [4.78, 5) is 22.8. The number of nitrogens with zero attached hydrogens (tertiary/aromatic N) is 2. The third kappa shape index (κ3) is 4.25. The van der Waals surface area contributed by atoms with Gasteiger partial charge < -0.3 is 9.84 Å². The third-order valence-corrected chi connectivity index (χ3v) is 2.52. The van der Waals surface area contributed by atoms with Crippen molar-refractivity contribution in [3.8, 4) is 0 Å². The van der Waals surface area contributed by atoms with E-state index in [0.29, 0.717) is 12.1 Å². The number of hydrogen-bond donors (Lipinski definition) is 2. The number of hydrogen-bond acceptors (Lipinski definition) is 4. The van der Waals surface area contributed by atoms with Crippen LogP contribution in [0, 0.1) is 6.92 Å². The van der Waals surface area contributed by atoms with Crippen LogP contribution in [0.2, 0.25) is 0 Å². The van der Waals surface area contributed by atoms with Crippen LogP contribution in [-0.2, 0) is 9.53 Å². The summed E-state index contributed by atoms with van der Waals surface area (Å²) in [5.74, 6) is -0.682. The summed E-state index contributed by atoms with van der Waals surface area (Å²) in [5, 5.41) is 15.7. The number of aryl methyl sites for hydroxylation is 1. The normalized spacial score (nSPS) is 12.8. The van der Waals surface area contributed by atoms with Crippen molar-refractivity contribution in [2.75, 3.05) is 5.32 Å². The molecule has 2 N–H and O–H groups in total. The lowest BCUT2D eigenvalue weighted by molar-refractivity contribution is -0.141. The second-order valence-electron chi connectivity index (χ2n) is 5.50. The van der Waals surface area contributed by atoms with Crippen LogP contribution in [0.5, 0.6) is 0 Å². The molecule has 0 saturated carbocycles. The molecule has 112 valence electrons. The van der Waals surface area contributed by atoms with E-state index in [1.54, 1.807) is 40.7 Å². The van der Waals surface area contributed by atoms with E-state index < -0.39 is 23.7 Å². The first kappa shape index (κ1) is 16.0. The molecule has 0 aliphatic rings. The molecule has 1 rings (SSSR count). The van der Waals surface area contributed by atoms with Crippen molar-refractivity contribution in [2.45, 2.75) is 52.7 Å². The van der Waals surface area contributed by atoms with Crippen molar-refractivity contribution >= 4 is 17.9 Å². The van der Waals surface area contributed by atoms with Crippen molar-refractivity contribution in [1.29, 1.82) is 0 Å². The Morgan fingerprint density at radius 1 is 1.50 bits per heavy atom. The Morgan fingerprint density at radius 2 is 2.10 bits per heavy atom. The van der Waals surface area contributed by atoms with Gasteiger partial charge in [0.15, 0.2) is 5.82 Å². The molecule has 7 heteroatoms. The maximum Gasteiger partial charge on any atom is 0.413 e. The van der Waals surface area contributed by atoms with E-state index in [1.165, 1.54) is 4.68 Å². The number of nitrogens with one attached hydrogen (secondary N) is 1. The summed E-state index contributed by atoms with van der Waals surface area (Å²) >= 11 is 0. The molecule has 1 heterocycles. The number of carbonyl (C=O) groups excluding carboxylic acids is 1. The average molecular weight is 283 g/mol. The fourth-order valence-corrected chi connectivity index (χ4v) is 1.72. The molecule has 1 atom stereocenters. The highest BCUT2D eigenvalue weighted by molar-refractivity contribution is 5.83. The Balaban J connectivity index is 2.85. The van der Waals surface area contributed by atoms with Crippen molar-refractivity contribution < 1.29 is 19.4 Å². The smallest absolute Gasteiger partial charge is 0.413 e. The maximum absolute atomic E-state index is 11.6. The molecule has 7 nitrogen and oxygen atoms in total. The van der Waals surface area contributed by atoms with Gasteiger partial charge in [-0.15, -0.1) is 0 Å². The minimum atomic E-state index is -0.956. The number of ether oxygens (including phenoxy) is 1. The fraction of sp³-hybridized carbons (Fsp3) is 0.615. The number of rotatable bonds is 4. The zero-order chi connectivity index (χ0) is 15.5. The second-order valence-corrected chi connectivity index (χ2v) is 5.50. The predicted molar refractivity (Wildman–Crippen MR) is 73.8 cm³/mol. The molecule has 0 aromatic carbocycles. The minimum Gasteiger partial charge on any atom is -0.480 e. The molecule has 1 aromatic heterocycles. The molecule has 0 aliphatic carbocycles. The van der Waals surface area contributed by atoms with E-state index in [2.05, 4.69) is 10.4 Å². The first-order valence-corrected chi connectivity index (χ1v) is 6.43. The highest BCUT2D eigenvalue weighted by atomic mass is 16.6. The fourth-order valence-electron chi connectivity index (χ4n) is 1.72. The van der Waals surface area contributed by atoms with E-state index in [0.717, 1.165) is 0 Å². The molecule has 0 fully saturated rings. The van der Waals surface area contributed by atoms with Gasteiger partial charge in [0, 0.05) is 11.8 Å². The first-order chi connectivity index (χ1) is 9.14. The van der Waals surface area contributed by atoms with Crippen LogP contribution in [0.15, 0.2) is 6.07 Å². The first-order valence-electron chi connectivity index (χ1n) is 6.43. The second kappa shape index (κ2) is 5.94. The predicted octanol–water partition coefficient (Wildman–Crippen LogP) is 2.57. The Kier molecular flexibility index (Phi) is 4.75. The van der Waals surface area contributed by atoms with Gasteiger partial charge in [0.1, 0.15) is 11.6 Å². The van der Waals surface area contributed by atoms with Gasteiger partial charge >= 0.3 is 12.1 Å². The lowest BCUT2D eigenvalue weighted by Gasteiger charge is -2.19. The summed E-state index contributed by atoms with van der Waals surface area (Å²) in [6.07, 6.45) is -0.213. The lowest BCUT2D eigenvalue weighted by atomic mass is 10.2. The Labute approximate surface area is 117 Å². The standard InChI is InChI=1S/C13H21N3O4/c1-6-9(11(17)18)16-8(2)7-10(15-16)14-12(19)20-13(3,4)5/h7,9H,6H2,1-5H3,(H,17,18)(H,14,15,19). The molecular formula is C13H21N3O4. The molecule has 1 aromatic rings. The van der Waals surface area contributed by atoms with Crippen molar-refractivity contribution in [1.82, 2.24) is 9.78 Å². The topological polar surface area (TPSA) is 93.5 Å². The monoisotopic (exact) mass is 283 g/mol. The third-order valence-electron chi connectivity index (χ3n) is 2.52. The Bertz CT molecular complexity index is 502. The van der Waals surface area contributed by atoms with Gasteiger partial charge in [-0.25, -0.2) is 9.59 Å². The van der Waals surface area contributed by atoms with Gasteiger partial charge in [0.05, 0.1) is 0 Å². The molecular weight excluding hydrogens is 262 g/mol. The van der Waals surface area contributed by atoms with Crippen molar-refractivity contribution in [3.05, 3.63) is 11.8 Å². The van der Waals surface area contributed by atoms with Crippen LogP contribution in [-0.4, -0.2) is 32.6 Å². The van der Waals surface area contributed by atoms with Gasteiger partial charge in [-0.3, -0.25) is 10.00 Å². The highest BCUT2D eigenvalue weighted by Crippen LogP contribution is 2.18. The number of aromatic nitrogens is 2. The Hall–Kier alpha value is -2.05. The van der Waals surface area contributed by atoms with Gasteiger partial charge in [0.2, 0.25) is 0 Å². The summed E-state index contributed by atoms with van der Waals surface area (Å²) in [6.45, 7) is 8.77. The van der Waals surface area contributed by atoms with Crippen LogP contribution in [0.3, 0.4) is 0 Å². The van der Waals surface area contributed by atoms with Crippen molar-refractivity contribution in [2.24, 2.45) is 0 Å². The molecule has 1 amide bonds. The number of amides is 1. The SMILES string of the molecule is CCC(C(=O)O)n1nc(NC(=O)OC(C)(C)C)cc1C. The van der Waals surface area contributed by atoms with Gasteiger partial charge in [0.25, 0.3) is 0 Å². The van der Waals surface area contributed by atoms with E-state index in [-0.39, 0.29) is 5.82 Å². The number of carboxylic acid groups (broad SMARTS) is 1. The largest absolute Gasteiger partial charge is 0.480 e. The molecule has 1 unspecified atom stereocenters. The van der Waals surface area contributed by atoms with Crippen LogP contribution in [0.25, 0.3) is 0 Å². The molecule has 0 aliphatic heterocycles. The molecule has 0 saturated heterocycles. The quantitative estimate of drug-likeness (QED) is 0.885. The number of carbonyl (C=O) groups is 2. The molecule has 0 radical (unpaired) electrons. The van der Waals surface area contributed by atoms with E-state index in [9.17, 15) is 9.59 Å². The Morgan fingerprint density at radius 3 is 2.55 bits per heavy atom. The molecule has 0 spiro atoms. The van der Waals surface area contributed by atoms with Gasteiger partial charge in [-0.1, -0.05) is 6.92 Å². The zero-order valence-corrected chi connectivity index (χ0v) is 12.4. The maximum atomic E-state index is 11.6. The summed E-state index contributed by atoms with van der Waals surface area (Å²) in [7, 11) is 0.